The Morgan fingerprint density at radius 3 is 2.59 bits per heavy atom. The third kappa shape index (κ3) is 5.06. The molecule has 0 radical (unpaired) electrons. The fourth-order valence-corrected chi connectivity index (χ4v) is 7.47. The van der Waals surface area contributed by atoms with Crippen LogP contribution >= 0.6 is 11.8 Å². The molecule has 0 spiro atoms. The lowest BCUT2D eigenvalue weighted by molar-refractivity contribution is -0.188. The van der Waals surface area contributed by atoms with Crippen molar-refractivity contribution in [3.8, 4) is 11.4 Å². The molecule has 0 unspecified atom stereocenters. The molecule has 0 aliphatic carbocycles. The topological polar surface area (TPSA) is 129 Å². The number of nitrogens with one attached hydrogen (secondary N) is 1. The minimum atomic E-state index is -1.71. The number of hydrogen-bond donors (Lipinski definition) is 1. The maximum absolute atomic E-state index is 14.0. The van der Waals surface area contributed by atoms with Crippen LogP contribution in [0.5, 0.6) is 0 Å². The van der Waals surface area contributed by atoms with Crippen molar-refractivity contribution in [2.75, 3.05) is 34.8 Å². The number of pyridine rings is 2. The molecule has 2 aromatic carbocycles. The summed E-state index contributed by atoms with van der Waals surface area (Å²) in [7, 11) is 0. The first-order valence-electron chi connectivity index (χ1n) is 15.2. The molecule has 11 nitrogen and oxygen atoms in total. The van der Waals surface area contributed by atoms with Gasteiger partial charge in [-0.25, -0.2) is 14.6 Å². The average Bonchev–Trinajstić information content (AvgIpc) is 3.43. The summed E-state index contributed by atoms with van der Waals surface area (Å²) in [4.78, 5) is 59.3. The lowest BCUT2D eigenvalue weighted by atomic mass is 9.85. The molecule has 2 aromatic heterocycles. The Balaban J connectivity index is 1.32. The first-order chi connectivity index (χ1) is 22.3. The van der Waals surface area contributed by atoms with Crippen molar-refractivity contribution in [3.63, 3.8) is 0 Å². The highest BCUT2D eigenvalue weighted by molar-refractivity contribution is 7.99. The van der Waals surface area contributed by atoms with Crippen LogP contribution < -0.4 is 15.8 Å². The van der Waals surface area contributed by atoms with Gasteiger partial charge in [-0.1, -0.05) is 37.3 Å². The molecule has 4 aromatic rings. The van der Waals surface area contributed by atoms with Crippen LogP contribution in [0.25, 0.3) is 22.3 Å². The summed E-state index contributed by atoms with van der Waals surface area (Å²) < 4.78 is 18.1. The van der Waals surface area contributed by atoms with Crippen LogP contribution in [0.15, 0.2) is 59.4 Å². The van der Waals surface area contributed by atoms with Crippen molar-refractivity contribution in [1.82, 2.24) is 9.55 Å². The fourth-order valence-electron chi connectivity index (χ4n) is 6.56. The number of nitrogens with zero attached hydrogens (tertiary/aromatic N) is 3. The minimum Gasteiger partial charge on any atom is -0.457 e. The number of thioether (sulfide) groups is 1. The predicted octanol–water partition coefficient (Wildman–Crippen LogP) is 4.95. The number of anilines is 2. The largest absolute Gasteiger partial charge is 0.457 e. The molecule has 236 valence electrons. The van der Waals surface area contributed by atoms with Crippen molar-refractivity contribution in [3.05, 3.63) is 87.2 Å². The number of rotatable bonds is 6. The van der Waals surface area contributed by atoms with Gasteiger partial charge >= 0.3 is 18.0 Å². The van der Waals surface area contributed by atoms with E-state index in [1.54, 1.807) is 23.6 Å². The average molecular weight is 641 g/mol. The summed E-state index contributed by atoms with van der Waals surface area (Å²) >= 11 is 1.89. The molecule has 1 fully saturated rings. The Bertz CT molecular complexity index is 1960. The van der Waals surface area contributed by atoms with E-state index in [-0.39, 0.29) is 31.7 Å². The molecule has 0 bridgehead atoms. The fraction of sp³-hybridized carbons (Fsp3) is 0.324. The Kier molecular flexibility index (Phi) is 7.67. The van der Waals surface area contributed by atoms with Gasteiger partial charge in [0.15, 0.2) is 0 Å². The van der Waals surface area contributed by atoms with E-state index in [0.29, 0.717) is 33.7 Å². The number of benzene rings is 2. The van der Waals surface area contributed by atoms with E-state index in [1.807, 2.05) is 54.2 Å². The molecule has 7 rings (SSSR count). The molecule has 12 heteroatoms. The van der Waals surface area contributed by atoms with Gasteiger partial charge in [-0.3, -0.25) is 14.9 Å². The number of carbonyl (C=O) groups is 3. The van der Waals surface area contributed by atoms with E-state index in [9.17, 15) is 19.2 Å². The van der Waals surface area contributed by atoms with Gasteiger partial charge in [0, 0.05) is 53.7 Å². The van der Waals surface area contributed by atoms with Gasteiger partial charge in [-0.15, -0.1) is 0 Å². The highest BCUT2D eigenvalue weighted by Crippen LogP contribution is 2.45. The Labute approximate surface area is 268 Å². The summed E-state index contributed by atoms with van der Waals surface area (Å²) in [5.74, 6) is 0.561. The van der Waals surface area contributed by atoms with Crippen molar-refractivity contribution in [2.45, 2.75) is 45.6 Å². The summed E-state index contributed by atoms with van der Waals surface area (Å²) in [6.45, 7) is 4.79. The first kappa shape index (κ1) is 29.8. The molecular formula is C34H32N4O7S. The molecule has 1 N–H and O–H groups in total. The highest BCUT2D eigenvalue weighted by Gasteiger charge is 2.50. The van der Waals surface area contributed by atoms with E-state index in [1.165, 1.54) is 6.92 Å². The summed E-state index contributed by atoms with van der Waals surface area (Å²) in [6, 6.07) is 16.7. The van der Waals surface area contributed by atoms with E-state index >= 15 is 0 Å². The van der Waals surface area contributed by atoms with Gasteiger partial charge in [-0.2, -0.15) is 11.8 Å². The van der Waals surface area contributed by atoms with Crippen LogP contribution in [-0.4, -0.2) is 52.2 Å². The second-order valence-electron chi connectivity index (χ2n) is 11.5. The number of ether oxygens (including phenoxy) is 3. The van der Waals surface area contributed by atoms with Crippen LogP contribution in [-0.2, 0) is 49.2 Å². The van der Waals surface area contributed by atoms with Crippen molar-refractivity contribution >= 4 is 52.1 Å². The number of esters is 2. The van der Waals surface area contributed by atoms with Crippen molar-refractivity contribution in [2.24, 2.45) is 0 Å². The molecular weight excluding hydrogens is 608 g/mol. The lowest BCUT2D eigenvalue weighted by Gasteiger charge is -2.35. The normalized spacial score (nSPS) is 18.3. The van der Waals surface area contributed by atoms with Gasteiger partial charge in [-0.05, 0) is 36.2 Å². The van der Waals surface area contributed by atoms with Gasteiger partial charge in [0.1, 0.15) is 13.2 Å². The number of fused-ring (bicyclic) bond motifs is 5. The molecule has 3 aliphatic heterocycles. The number of cyclic esters (lactones) is 1. The van der Waals surface area contributed by atoms with E-state index in [4.69, 9.17) is 19.2 Å². The third-order valence-electron chi connectivity index (χ3n) is 8.73. The molecule has 0 saturated carbocycles. The molecule has 46 heavy (non-hydrogen) atoms. The Morgan fingerprint density at radius 1 is 1.07 bits per heavy atom. The molecule has 1 amide bonds. The zero-order valence-electron chi connectivity index (χ0n) is 25.5. The molecule has 3 aliphatic rings. The number of aromatic nitrogens is 2. The van der Waals surface area contributed by atoms with Crippen molar-refractivity contribution < 1.29 is 28.6 Å². The first-order valence-corrected chi connectivity index (χ1v) is 16.4. The van der Waals surface area contributed by atoms with Crippen LogP contribution in [0.1, 0.15) is 42.5 Å². The van der Waals surface area contributed by atoms with Crippen LogP contribution in [0.3, 0.4) is 0 Å². The number of amides is 1. The summed E-state index contributed by atoms with van der Waals surface area (Å²) in [6.07, 6.45) is -0.457. The lowest BCUT2D eigenvalue weighted by Crippen LogP contribution is -2.47. The summed E-state index contributed by atoms with van der Waals surface area (Å²) in [5.41, 5.74) is 3.78. The molecule has 1 saturated heterocycles. The van der Waals surface area contributed by atoms with Crippen molar-refractivity contribution in [1.29, 1.82) is 0 Å². The van der Waals surface area contributed by atoms with E-state index in [0.717, 1.165) is 46.8 Å². The van der Waals surface area contributed by atoms with Gasteiger partial charge in [0.2, 0.25) is 5.60 Å². The second kappa shape index (κ2) is 11.8. The SMILES string of the molecule is CC[C@@]1(OC(C)=O)C(=O)OCc2c1cc1n(c2=O)Cc2c-1nc1ccc(NC(=O)OCc3ccccc3)cc1c2N1CCSCC1. The monoisotopic (exact) mass is 640 g/mol. The Morgan fingerprint density at radius 2 is 1.85 bits per heavy atom. The second-order valence-corrected chi connectivity index (χ2v) is 12.7. The zero-order valence-corrected chi connectivity index (χ0v) is 26.3. The maximum atomic E-state index is 14.0. The molecule has 5 heterocycles. The number of hydrogen-bond acceptors (Lipinski definition) is 10. The van der Waals surface area contributed by atoms with Gasteiger partial charge < -0.3 is 23.7 Å². The van der Waals surface area contributed by atoms with Crippen LogP contribution in [0.4, 0.5) is 16.2 Å². The standard InChI is InChI=1S/C34H32N4O7S/c1-3-34(45-20(2)39)26-16-28-29-24(17-38(28)31(40)25(26)19-43-32(34)41)30(37-11-13-46-14-12-37)23-15-22(9-10-27(23)36-29)35-33(42)44-18-21-7-5-4-6-8-21/h4-10,15-16H,3,11-14,17-19H2,1-2H3,(H,35,42)/t34-/m0/s1. The van der Waals surface area contributed by atoms with Gasteiger partial charge in [0.25, 0.3) is 5.56 Å². The van der Waals surface area contributed by atoms with E-state index < -0.39 is 23.6 Å². The maximum Gasteiger partial charge on any atom is 0.411 e. The van der Waals surface area contributed by atoms with Crippen LogP contribution in [0.2, 0.25) is 0 Å². The quantitative estimate of drug-likeness (QED) is 0.201. The third-order valence-corrected chi connectivity index (χ3v) is 9.67. The van der Waals surface area contributed by atoms with Crippen LogP contribution in [0, 0.1) is 0 Å². The Hall–Kier alpha value is -4.84. The summed E-state index contributed by atoms with van der Waals surface area (Å²) in [5, 5.41) is 3.69. The molecule has 1 atom stereocenters. The number of carbonyl (C=O) groups excluding carboxylic acids is 3. The highest BCUT2D eigenvalue weighted by atomic mass is 32.2. The minimum absolute atomic E-state index is 0.111. The smallest absolute Gasteiger partial charge is 0.411 e. The predicted molar refractivity (Wildman–Crippen MR) is 174 cm³/mol. The van der Waals surface area contributed by atoms with E-state index in [2.05, 4.69) is 10.2 Å². The van der Waals surface area contributed by atoms with Gasteiger partial charge in [0.05, 0.1) is 34.7 Å². The zero-order chi connectivity index (χ0) is 32.0.